The molecule has 94 valence electrons. The van der Waals surface area contributed by atoms with Crippen LogP contribution in [0.3, 0.4) is 0 Å². The summed E-state index contributed by atoms with van der Waals surface area (Å²) in [6.45, 7) is 3.45. The van der Waals surface area contributed by atoms with E-state index in [4.69, 9.17) is 15.9 Å². The van der Waals surface area contributed by atoms with E-state index >= 15 is 0 Å². The van der Waals surface area contributed by atoms with Crippen molar-refractivity contribution in [2.45, 2.75) is 26.3 Å². The number of aliphatic hydroxyl groups is 1. The van der Waals surface area contributed by atoms with E-state index in [9.17, 15) is 9.59 Å². The molecule has 0 spiro atoms. The number of hydrogen-bond acceptors (Lipinski definition) is 4. The number of carboxylic acid groups (broad SMARTS) is 1. The molecular weight excluding hydrogens is 212 g/mol. The summed E-state index contributed by atoms with van der Waals surface area (Å²) in [4.78, 5) is 22.2. The van der Waals surface area contributed by atoms with Gasteiger partial charge in [0, 0.05) is 6.54 Å². The van der Waals surface area contributed by atoms with Crippen molar-refractivity contribution in [3.05, 3.63) is 0 Å². The number of hydrogen-bond donors (Lipinski definition) is 4. The number of aliphatic hydroxyl groups excluding tert-OH is 1. The molecule has 0 aliphatic heterocycles. The predicted molar refractivity (Wildman–Crippen MR) is 58.7 cm³/mol. The van der Waals surface area contributed by atoms with Crippen LogP contribution in [0.5, 0.6) is 0 Å². The van der Waals surface area contributed by atoms with Gasteiger partial charge in [-0.25, -0.2) is 4.79 Å². The molecule has 0 aromatic carbocycles. The van der Waals surface area contributed by atoms with Gasteiger partial charge in [0.15, 0.2) is 0 Å². The Bertz CT molecular complexity index is 243. The number of rotatable bonds is 7. The topological polar surface area (TPSA) is 113 Å². The normalized spacial score (nSPS) is 14.6. The van der Waals surface area contributed by atoms with Crippen LogP contribution < -0.4 is 11.1 Å². The molecule has 0 fully saturated rings. The Morgan fingerprint density at radius 3 is 2.25 bits per heavy atom. The van der Waals surface area contributed by atoms with Crippen molar-refractivity contribution in [3.8, 4) is 0 Å². The van der Waals surface area contributed by atoms with Gasteiger partial charge >= 0.3 is 5.97 Å². The van der Waals surface area contributed by atoms with Gasteiger partial charge in [-0.15, -0.1) is 0 Å². The molecule has 0 rings (SSSR count). The second kappa shape index (κ2) is 7.19. The Kier molecular flexibility index (Phi) is 6.67. The van der Waals surface area contributed by atoms with Crippen molar-refractivity contribution in [2.24, 2.45) is 17.6 Å². The molecule has 0 saturated carbocycles. The summed E-state index contributed by atoms with van der Waals surface area (Å²) in [6, 6.07) is -1.26. The predicted octanol–water partition coefficient (Wildman–Crippen LogP) is -0.831. The van der Waals surface area contributed by atoms with Crippen LogP contribution in [0.4, 0.5) is 0 Å². The molecule has 0 heterocycles. The van der Waals surface area contributed by atoms with E-state index in [1.807, 2.05) is 13.8 Å². The third-order valence-electron chi connectivity index (χ3n) is 2.21. The van der Waals surface area contributed by atoms with E-state index in [0.29, 0.717) is 12.3 Å². The van der Waals surface area contributed by atoms with E-state index in [1.54, 1.807) is 0 Å². The number of carbonyl (C=O) groups is 2. The second-order valence-electron chi connectivity index (χ2n) is 4.14. The highest BCUT2D eigenvalue weighted by Crippen LogP contribution is 2.10. The molecule has 0 aliphatic rings. The Labute approximate surface area is 94.8 Å². The third-order valence-corrected chi connectivity index (χ3v) is 2.21. The Balaban J connectivity index is 4.34. The fourth-order valence-corrected chi connectivity index (χ4v) is 1.35. The van der Waals surface area contributed by atoms with Crippen LogP contribution in [-0.2, 0) is 9.59 Å². The van der Waals surface area contributed by atoms with Gasteiger partial charge in [0.25, 0.3) is 0 Å². The first-order valence-electron chi connectivity index (χ1n) is 5.26. The highest BCUT2D eigenvalue weighted by atomic mass is 16.4. The fraction of sp³-hybridized carbons (Fsp3) is 0.800. The number of carbonyl (C=O) groups excluding carboxylic acids is 1. The van der Waals surface area contributed by atoms with Crippen LogP contribution >= 0.6 is 0 Å². The summed E-state index contributed by atoms with van der Waals surface area (Å²) in [5.74, 6) is -1.78. The highest BCUT2D eigenvalue weighted by molar-refractivity contribution is 5.85. The highest BCUT2D eigenvalue weighted by Gasteiger charge is 2.24. The van der Waals surface area contributed by atoms with Gasteiger partial charge in [0.2, 0.25) is 5.91 Å². The number of aliphatic carboxylic acids is 1. The number of carboxylic acids is 1. The molecule has 16 heavy (non-hydrogen) atoms. The first-order chi connectivity index (χ1) is 7.42. The van der Waals surface area contributed by atoms with Crippen molar-refractivity contribution in [2.75, 3.05) is 13.2 Å². The van der Waals surface area contributed by atoms with Gasteiger partial charge in [0.05, 0.1) is 12.5 Å². The summed E-state index contributed by atoms with van der Waals surface area (Å²) in [6.07, 6.45) is 0.597. The van der Waals surface area contributed by atoms with Crippen LogP contribution in [0, 0.1) is 11.8 Å². The monoisotopic (exact) mass is 232 g/mol. The standard InChI is InChI=1S/C10H20N2O4/c1-6(2)3-7(4-11)9(14)12-8(5-13)10(15)16/h6-8,13H,3-5,11H2,1-2H3,(H,12,14)(H,15,16)/t7?,8-/m0/s1. The molecule has 1 unspecified atom stereocenters. The van der Waals surface area contributed by atoms with E-state index in [-0.39, 0.29) is 6.54 Å². The summed E-state index contributed by atoms with van der Waals surface area (Å²) in [5, 5.41) is 19.7. The maximum atomic E-state index is 11.6. The minimum Gasteiger partial charge on any atom is -0.480 e. The van der Waals surface area contributed by atoms with Crippen LogP contribution in [0.1, 0.15) is 20.3 Å². The van der Waals surface area contributed by atoms with Gasteiger partial charge < -0.3 is 21.3 Å². The first-order valence-corrected chi connectivity index (χ1v) is 5.26. The molecule has 5 N–H and O–H groups in total. The van der Waals surface area contributed by atoms with Crippen LogP contribution in [0.15, 0.2) is 0 Å². The smallest absolute Gasteiger partial charge is 0.328 e. The third kappa shape index (κ3) is 5.09. The van der Waals surface area contributed by atoms with Gasteiger partial charge in [-0.3, -0.25) is 4.79 Å². The molecule has 0 aromatic rings. The van der Waals surface area contributed by atoms with Crippen molar-refractivity contribution < 1.29 is 19.8 Å². The zero-order valence-corrected chi connectivity index (χ0v) is 9.64. The molecule has 0 aliphatic carbocycles. The molecule has 6 nitrogen and oxygen atoms in total. The van der Waals surface area contributed by atoms with Gasteiger partial charge in [-0.05, 0) is 12.3 Å². The lowest BCUT2D eigenvalue weighted by atomic mass is 9.96. The number of amides is 1. The zero-order valence-electron chi connectivity index (χ0n) is 9.64. The maximum absolute atomic E-state index is 11.6. The molecular formula is C10H20N2O4. The molecule has 0 radical (unpaired) electrons. The van der Waals surface area contributed by atoms with Crippen LogP contribution in [0.25, 0.3) is 0 Å². The van der Waals surface area contributed by atoms with Gasteiger partial charge in [-0.1, -0.05) is 13.8 Å². The van der Waals surface area contributed by atoms with Crippen molar-refractivity contribution in [1.29, 1.82) is 0 Å². The lowest BCUT2D eigenvalue weighted by Gasteiger charge is -2.19. The fourth-order valence-electron chi connectivity index (χ4n) is 1.35. The van der Waals surface area contributed by atoms with Gasteiger partial charge in [-0.2, -0.15) is 0 Å². The largest absolute Gasteiger partial charge is 0.480 e. The quantitative estimate of drug-likeness (QED) is 0.457. The average molecular weight is 232 g/mol. The van der Waals surface area contributed by atoms with Crippen LogP contribution in [0.2, 0.25) is 0 Å². The lowest BCUT2D eigenvalue weighted by molar-refractivity contribution is -0.143. The van der Waals surface area contributed by atoms with Crippen molar-refractivity contribution in [3.63, 3.8) is 0 Å². The van der Waals surface area contributed by atoms with Crippen molar-refractivity contribution in [1.82, 2.24) is 5.32 Å². The van der Waals surface area contributed by atoms with E-state index in [2.05, 4.69) is 5.32 Å². The zero-order chi connectivity index (χ0) is 12.7. The average Bonchev–Trinajstić information content (AvgIpc) is 2.21. The van der Waals surface area contributed by atoms with E-state index in [0.717, 1.165) is 0 Å². The first kappa shape index (κ1) is 14.9. The number of nitrogens with two attached hydrogens (primary N) is 1. The molecule has 0 aromatic heterocycles. The Hall–Kier alpha value is -1.14. The molecule has 6 heteroatoms. The van der Waals surface area contributed by atoms with E-state index in [1.165, 1.54) is 0 Å². The summed E-state index contributed by atoms with van der Waals surface area (Å²) in [7, 11) is 0. The summed E-state index contributed by atoms with van der Waals surface area (Å²) >= 11 is 0. The summed E-state index contributed by atoms with van der Waals surface area (Å²) < 4.78 is 0. The second-order valence-corrected chi connectivity index (χ2v) is 4.14. The lowest BCUT2D eigenvalue weighted by Crippen LogP contribution is -2.47. The SMILES string of the molecule is CC(C)CC(CN)C(=O)N[C@@H](CO)C(=O)O. The van der Waals surface area contributed by atoms with Crippen molar-refractivity contribution >= 4 is 11.9 Å². The minimum atomic E-state index is -1.26. The Morgan fingerprint density at radius 1 is 1.38 bits per heavy atom. The minimum absolute atomic E-state index is 0.168. The van der Waals surface area contributed by atoms with E-state index < -0.39 is 30.4 Å². The van der Waals surface area contributed by atoms with Crippen LogP contribution in [-0.4, -0.2) is 41.3 Å². The molecule has 1 amide bonds. The molecule has 0 saturated heterocycles. The maximum Gasteiger partial charge on any atom is 0.328 e. The summed E-state index contributed by atoms with van der Waals surface area (Å²) in [5.41, 5.74) is 5.44. The molecule has 0 bridgehead atoms. The number of nitrogens with one attached hydrogen (secondary N) is 1. The Morgan fingerprint density at radius 2 is 1.94 bits per heavy atom. The van der Waals surface area contributed by atoms with Gasteiger partial charge in [0.1, 0.15) is 6.04 Å². The molecule has 2 atom stereocenters.